The van der Waals surface area contributed by atoms with Crippen LogP contribution in [0.1, 0.15) is 97.2 Å². The number of nitrogens with zero attached hydrogens (tertiary/aromatic N) is 1. The molecule has 2 aliphatic carbocycles. The average Bonchev–Trinajstić information content (AvgIpc) is 3.87. The second-order valence-electron chi connectivity index (χ2n) is 21.7. The van der Waals surface area contributed by atoms with E-state index in [1.807, 2.05) is 0 Å². The maximum atomic E-state index is 2.52. The highest BCUT2D eigenvalue weighted by Crippen LogP contribution is 2.60. The standard InChI is InChI=1S/C70H59N/c1-67(2,3)50-36-38-53(39-37-50)69(51-24-12-8-13-25-51)61-30-18-16-28-57(61)59-44-42-55(46-65(59)69)71(54-40-34-49(35-41-54)48-22-10-7-11-23-48)56-43-45-60-58-29-17-19-31-62(58)70(66(60)47-56,52-26-14-9-15-27-52)64-33-21-20-32-63(64)68(4,5)6/h7-47H,1-6H3. The Balaban J connectivity index is 1.14. The van der Waals surface area contributed by atoms with Crippen molar-refractivity contribution in [2.75, 3.05) is 4.90 Å². The van der Waals surface area contributed by atoms with Gasteiger partial charge in [-0.05, 0) is 136 Å². The normalized spacial score (nSPS) is 16.7. The lowest BCUT2D eigenvalue weighted by Gasteiger charge is -2.38. The quantitative estimate of drug-likeness (QED) is 0.147. The maximum Gasteiger partial charge on any atom is 0.0717 e. The van der Waals surface area contributed by atoms with Gasteiger partial charge in [-0.3, -0.25) is 0 Å². The van der Waals surface area contributed by atoms with Gasteiger partial charge in [0.25, 0.3) is 0 Å². The fourth-order valence-corrected chi connectivity index (χ4v) is 12.3. The Bertz CT molecular complexity index is 3580. The predicted octanol–water partition coefficient (Wildman–Crippen LogP) is 18.1. The minimum Gasteiger partial charge on any atom is -0.310 e. The Morgan fingerprint density at radius 2 is 0.676 bits per heavy atom. The molecule has 0 spiro atoms. The van der Waals surface area contributed by atoms with Gasteiger partial charge in [0.15, 0.2) is 0 Å². The molecule has 2 aliphatic rings. The highest BCUT2D eigenvalue weighted by atomic mass is 15.1. The molecule has 1 heteroatoms. The molecule has 0 radical (unpaired) electrons. The van der Waals surface area contributed by atoms with Crippen LogP contribution in [-0.2, 0) is 21.7 Å². The second kappa shape index (κ2) is 16.9. The lowest BCUT2D eigenvalue weighted by atomic mass is 9.64. The van der Waals surface area contributed by atoms with Crippen LogP contribution in [0.3, 0.4) is 0 Å². The third-order valence-electron chi connectivity index (χ3n) is 15.5. The van der Waals surface area contributed by atoms with Crippen LogP contribution in [0.5, 0.6) is 0 Å². The predicted molar refractivity (Wildman–Crippen MR) is 299 cm³/mol. The minimum absolute atomic E-state index is 0.0256. The first-order valence-electron chi connectivity index (χ1n) is 25.3. The zero-order chi connectivity index (χ0) is 48.5. The topological polar surface area (TPSA) is 3.24 Å². The van der Waals surface area contributed by atoms with E-state index in [-0.39, 0.29) is 10.8 Å². The van der Waals surface area contributed by atoms with Gasteiger partial charge in [-0.15, -0.1) is 0 Å². The molecule has 12 rings (SSSR count). The van der Waals surface area contributed by atoms with Crippen molar-refractivity contribution in [1.29, 1.82) is 0 Å². The summed E-state index contributed by atoms with van der Waals surface area (Å²) >= 11 is 0. The zero-order valence-electron chi connectivity index (χ0n) is 41.6. The van der Waals surface area contributed by atoms with Gasteiger partial charge in [0.2, 0.25) is 0 Å². The first-order chi connectivity index (χ1) is 34.5. The van der Waals surface area contributed by atoms with Gasteiger partial charge in [0, 0.05) is 17.1 Å². The summed E-state index contributed by atoms with van der Waals surface area (Å²) < 4.78 is 0. The lowest BCUT2D eigenvalue weighted by molar-refractivity contribution is 0.571. The van der Waals surface area contributed by atoms with E-state index in [9.17, 15) is 0 Å². The van der Waals surface area contributed by atoms with Gasteiger partial charge >= 0.3 is 0 Å². The number of hydrogen-bond donors (Lipinski definition) is 0. The van der Waals surface area contributed by atoms with E-state index >= 15 is 0 Å². The molecule has 0 saturated carbocycles. The number of benzene rings is 10. The Kier molecular flexibility index (Phi) is 10.5. The molecule has 344 valence electrons. The van der Waals surface area contributed by atoms with Crippen LogP contribution in [0, 0.1) is 0 Å². The Labute approximate surface area is 420 Å². The van der Waals surface area contributed by atoms with Crippen LogP contribution in [0.15, 0.2) is 249 Å². The molecular weight excluding hydrogens is 855 g/mol. The molecule has 0 N–H and O–H groups in total. The molecule has 0 bridgehead atoms. The average molecular weight is 914 g/mol. The Morgan fingerprint density at radius 3 is 1.21 bits per heavy atom. The van der Waals surface area contributed by atoms with Crippen molar-refractivity contribution in [2.45, 2.75) is 63.2 Å². The smallest absolute Gasteiger partial charge is 0.0717 e. The summed E-state index contributed by atoms with van der Waals surface area (Å²) in [6.07, 6.45) is 0. The summed E-state index contributed by atoms with van der Waals surface area (Å²) in [5.41, 5.74) is 22.5. The van der Waals surface area contributed by atoms with Crippen LogP contribution in [0.2, 0.25) is 0 Å². The number of anilines is 3. The van der Waals surface area contributed by atoms with E-state index < -0.39 is 10.8 Å². The fraction of sp³-hybridized carbons (Fsp3) is 0.143. The molecule has 0 fully saturated rings. The first-order valence-corrected chi connectivity index (χ1v) is 25.3. The number of hydrogen-bond acceptors (Lipinski definition) is 1. The van der Waals surface area contributed by atoms with Crippen molar-refractivity contribution in [2.24, 2.45) is 0 Å². The van der Waals surface area contributed by atoms with Crippen molar-refractivity contribution < 1.29 is 0 Å². The van der Waals surface area contributed by atoms with Crippen LogP contribution in [0.4, 0.5) is 17.1 Å². The van der Waals surface area contributed by atoms with Gasteiger partial charge in [0.05, 0.1) is 10.8 Å². The molecule has 0 amide bonds. The molecule has 2 unspecified atom stereocenters. The van der Waals surface area contributed by atoms with Gasteiger partial charge < -0.3 is 4.90 Å². The van der Waals surface area contributed by atoms with E-state index in [0.29, 0.717) is 0 Å². The third kappa shape index (κ3) is 6.97. The summed E-state index contributed by atoms with van der Waals surface area (Å²) in [6.45, 7) is 14.0. The van der Waals surface area contributed by atoms with Crippen molar-refractivity contribution in [3.05, 3.63) is 304 Å². The van der Waals surface area contributed by atoms with Crippen LogP contribution in [0.25, 0.3) is 33.4 Å². The minimum atomic E-state index is -0.586. The van der Waals surface area contributed by atoms with Gasteiger partial charge in [-0.2, -0.15) is 0 Å². The molecule has 0 aromatic heterocycles. The largest absolute Gasteiger partial charge is 0.310 e. The Hall–Kier alpha value is -8.00. The summed E-state index contributed by atoms with van der Waals surface area (Å²) in [6, 6.07) is 93.7. The number of rotatable bonds is 8. The summed E-state index contributed by atoms with van der Waals surface area (Å²) in [5.74, 6) is 0. The zero-order valence-corrected chi connectivity index (χ0v) is 41.6. The van der Waals surface area contributed by atoms with E-state index in [0.717, 1.165) is 17.1 Å². The van der Waals surface area contributed by atoms with Crippen LogP contribution in [-0.4, -0.2) is 0 Å². The molecule has 2 atom stereocenters. The molecule has 0 heterocycles. The van der Waals surface area contributed by atoms with Gasteiger partial charge in [-0.25, -0.2) is 0 Å². The molecule has 0 aliphatic heterocycles. The van der Waals surface area contributed by atoms with Crippen molar-refractivity contribution >= 4 is 17.1 Å². The highest BCUT2D eigenvalue weighted by molar-refractivity contribution is 5.92. The fourth-order valence-electron chi connectivity index (χ4n) is 12.3. The summed E-state index contributed by atoms with van der Waals surface area (Å²) in [7, 11) is 0. The SMILES string of the molecule is CC(C)(C)c1ccc(C2(c3ccccc3)c3ccccc3-c3ccc(N(c4ccc(-c5ccccc5)cc4)c4ccc5c(c4)C(c4ccccc4)(c4ccccc4C(C)(C)C)c4ccccc4-5)cc32)cc1. The van der Waals surface area contributed by atoms with Crippen molar-refractivity contribution in [3.63, 3.8) is 0 Å². The number of fused-ring (bicyclic) bond motifs is 6. The third-order valence-corrected chi connectivity index (χ3v) is 15.5. The van der Waals surface area contributed by atoms with Gasteiger partial charge in [-0.1, -0.05) is 254 Å². The molecule has 71 heavy (non-hydrogen) atoms. The maximum absolute atomic E-state index is 2.52. The molecular formula is C70H59N. The Morgan fingerprint density at radius 1 is 0.282 bits per heavy atom. The van der Waals surface area contributed by atoms with Crippen molar-refractivity contribution in [3.8, 4) is 33.4 Å². The van der Waals surface area contributed by atoms with E-state index in [1.165, 1.54) is 89.0 Å². The summed E-state index contributed by atoms with van der Waals surface area (Å²) in [4.78, 5) is 2.51. The van der Waals surface area contributed by atoms with Crippen molar-refractivity contribution in [1.82, 2.24) is 0 Å². The summed E-state index contributed by atoms with van der Waals surface area (Å²) in [5, 5.41) is 0. The lowest BCUT2D eigenvalue weighted by Crippen LogP contribution is -2.32. The molecule has 10 aromatic carbocycles. The van der Waals surface area contributed by atoms with Gasteiger partial charge in [0.1, 0.15) is 0 Å². The molecule has 0 saturated heterocycles. The van der Waals surface area contributed by atoms with E-state index in [2.05, 4.69) is 295 Å². The molecule has 10 aromatic rings. The second-order valence-corrected chi connectivity index (χ2v) is 21.7. The van der Waals surface area contributed by atoms with E-state index in [4.69, 9.17) is 0 Å². The highest BCUT2D eigenvalue weighted by Gasteiger charge is 2.49. The van der Waals surface area contributed by atoms with Crippen LogP contribution < -0.4 is 4.90 Å². The first kappa shape index (κ1) is 44.2. The van der Waals surface area contributed by atoms with Crippen LogP contribution >= 0.6 is 0 Å². The monoisotopic (exact) mass is 913 g/mol. The molecule has 1 nitrogen and oxygen atoms in total. The van der Waals surface area contributed by atoms with E-state index in [1.54, 1.807) is 0 Å².